The molecule has 1 aromatic rings. The maximum Gasteiger partial charge on any atom is 0.118 e. The molecular weight excluding hydrogens is 246 g/mol. The monoisotopic (exact) mass is 269 g/mol. The lowest BCUT2D eigenvalue weighted by atomic mass is 10.1. The van der Waals surface area contributed by atoms with E-state index < -0.39 is 0 Å². The van der Waals surface area contributed by atoms with Gasteiger partial charge in [0, 0.05) is 16.5 Å². The number of nitrogens with two attached hydrogens (primary N) is 1. The third-order valence-corrected chi connectivity index (χ3v) is 4.66. The molecule has 4 atom stereocenters. The van der Waals surface area contributed by atoms with Crippen molar-refractivity contribution in [3.05, 3.63) is 29.8 Å². The maximum absolute atomic E-state index is 9.51. The van der Waals surface area contributed by atoms with Gasteiger partial charge in [0.2, 0.25) is 0 Å². The van der Waals surface area contributed by atoms with E-state index in [4.69, 9.17) is 10.5 Å². The van der Waals surface area contributed by atoms with Crippen LogP contribution in [0.1, 0.15) is 32.4 Å². The highest BCUT2D eigenvalue weighted by Crippen LogP contribution is 2.29. The zero-order valence-electron chi connectivity index (χ0n) is 11.5. The van der Waals surface area contributed by atoms with Gasteiger partial charge in [-0.3, -0.25) is 0 Å². The first-order chi connectivity index (χ1) is 8.45. The summed E-state index contributed by atoms with van der Waals surface area (Å²) >= 11 is 1.71. The smallest absolute Gasteiger partial charge is 0.118 e. The number of aliphatic hydroxyl groups is 1. The van der Waals surface area contributed by atoms with Crippen LogP contribution in [-0.4, -0.2) is 28.8 Å². The summed E-state index contributed by atoms with van der Waals surface area (Å²) in [5, 5.41) is 9.95. The van der Waals surface area contributed by atoms with Gasteiger partial charge in [-0.1, -0.05) is 26.0 Å². The first-order valence-electron chi connectivity index (χ1n) is 6.18. The molecule has 0 aliphatic carbocycles. The predicted octanol–water partition coefficient (Wildman–Crippen LogP) is 2.59. The van der Waals surface area contributed by atoms with Crippen LogP contribution < -0.4 is 10.5 Å². The Morgan fingerprint density at radius 1 is 1.11 bits per heavy atom. The van der Waals surface area contributed by atoms with Crippen LogP contribution in [0, 0.1) is 0 Å². The standard InChI is InChI=1S/C14H23NO2S/c1-9(16)10(2)18-11(3)14(15)12-5-7-13(17-4)8-6-12/h5-11,14,16H,15H2,1-4H3. The van der Waals surface area contributed by atoms with Gasteiger partial charge in [-0.2, -0.15) is 11.8 Å². The topological polar surface area (TPSA) is 55.5 Å². The summed E-state index contributed by atoms with van der Waals surface area (Å²) < 4.78 is 5.13. The average Bonchev–Trinajstić information content (AvgIpc) is 2.37. The van der Waals surface area contributed by atoms with E-state index in [1.165, 1.54) is 0 Å². The Morgan fingerprint density at radius 3 is 2.11 bits per heavy atom. The molecule has 1 aromatic carbocycles. The van der Waals surface area contributed by atoms with Crippen LogP contribution in [0.5, 0.6) is 5.75 Å². The first kappa shape index (κ1) is 15.3. The van der Waals surface area contributed by atoms with Gasteiger partial charge in [0.15, 0.2) is 0 Å². The molecule has 3 N–H and O–H groups in total. The Labute approximate surface area is 114 Å². The van der Waals surface area contributed by atoms with Crippen molar-refractivity contribution < 1.29 is 9.84 Å². The highest BCUT2D eigenvalue weighted by molar-refractivity contribution is 8.00. The van der Waals surface area contributed by atoms with Crippen molar-refractivity contribution in [3.63, 3.8) is 0 Å². The molecule has 3 nitrogen and oxygen atoms in total. The summed E-state index contributed by atoms with van der Waals surface area (Å²) in [6.07, 6.45) is -0.319. The molecule has 4 unspecified atom stereocenters. The fourth-order valence-corrected chi connectivity index (χ4v) is 2.87. The zero-order chi connectivity index (χ0) is 13.7. The van der Waals surface area contributed by atoms with Gasteiger partial charge in [0.1, 0.15) is 5.75 Å². The molecule has 0 saturated carbocycles. The van der Waals surface area contributed by atoms with Crippen molar-refractivity contribution in [2.75, 3.05) is 7.11 Å². The number of methoxy groups -OCH3 is 1. The van der Waals surface area contributed by atoms with Gasteiger partial charge in [-0.15, -0.1) is 0 Å². The summed E-state index contributed by atoms with van der Waals surface area (Å²) in [7, 11) is 1.65. The van der Waals surface area contributed by atoms with Gasteiger partial charge in [0.25, 0.3) is 0 Å². The third-order valence-electron chi connectivity index (χ3n) is 3.12. The molecule has 102 valence electrons. The van der Waals surface area contributed by atoms with Crippen molar-refractivity contribution in [2.45, 2.75) is 43.4 Å². The molecule has 0 spiro atoms. The second-order valence-corrected chi connectivity index (χ2v) is 6.35. The largest absolute Gasteiger partial charge is 0.497 e. The summed E-state index contributed by atoms with van der Waals surface area (Å²) in [6.45, 7) is 5.92. The molecular formula is C14H23NO2S. The van der Waals surface area contributed by atoms with Crippen LogP contribution in [0.3, 0.4) is 0 Å². The fraction of sp³-hybridized carbons (Fsp3) is 0.571. The van der Waals surface area contributed by atoms with E-state index >= 15 is 0 Å². The van der Waals surface area contributed by atoms with E-state index in [9.17, 15) is 5.11 Å². The lowest BCUT2D eigenvalue weighted by Gasteiger charge is -2.24. The third kappa shape index (κ3) is 4.19. The second kappa shape index (κ2) is 7.02. The normalized spacial score (nSPS) is 17.9. The quantitative estimate of drug-likeness (QED) is 0.833. The zero-order valence-corrected chi connectivity index (χ0v) is 12.3. The van der Waals surface area contributed by atoms with Crippen molar-refractivity contribution in [2.24, 2.45) is 5.73 Å². The van der Waals surface area contributed by atoms with Gasteiger partial charge < -0.3 is 15.6 Å². The molecule has 0 saturated heterocycles. The molecule has 0 aromatic heterocycles. The summed E-state index contributed by atoms with van der Waals surface area (Å²) in [5.74, 6) is 0.837. The highest BCUT2D eigenvalue weighted by Gasteiger charge is 2.20. The van der Waals surface area contributed by atoms with Crippen LogP contribution in [0.15, 0.2) is 24.3 Å². The average molecular weight is 269 g/mol. The minimum Gasteiger partial charge on any atom is -0.497 e. The lowest BCUT2D eigenvalue weighted by molar-refractivity contribution is 0.196. The number of ether oxygens (including phenoxy) is 1. The molecule has 0 radical (unpaired) electrons. The molecule has 0 amide bonds. The van der Waals surface area contributed by atoms with Crippen molar-refractivity contribution in [1.29, 1.82) is 0 Å². The van der Waals surface area contributed by atoms with E-state index in [2.05, 4.69) is 6.92 Å². The van der Waals surface area contributed by atoms with Gasteiger partial charge >= 0.3 is 0 Å². The molecule has 0 aliphatic heterocycles. The van der Waals surface area contributed by atoms with E-state index in [1.54, 1.807) is 18.9 Å². The minimum absolute atomic E-state index is 0.0397. The molecule has 0 fully saturated rings. The van der Waals surface area contributed by atoms with Crippen molar-refractivity contribution in [1.82, 2.24) is 0 Å². The van der Waals surface area contributed by atoms with E-state index in [0.29, 0.717) is 0 Å². The Morgan fingerprint density at radius 2 is 1.67 bits per heavy atom. The second-order valence-electron chi connectivity index (χ2n) is 4.59. The van der Waals surface area contributed by atoms with E-state index in [-0.39, 0.29) is 22.6 Å². The minimum atomic E-state index is -0.319. The van der Waals surface area contributed by atoms with E-state index in [1.807, 2.05) is 38.1 Å². The van der Waals surface area contributed by atoms with Crippen LogP contribution in [-0.2, 0) is 0 Å². The number of aliphatic hydroxyl groups excluding tert-OH is 1. The predicted molar refractivity (Wildman–Crippen MR) is 78.1 cm³/mol. The van der Waals surface area contributed by atoms with Crippen LogP contribution in [0.25, 0.3) is 0 Å². The Hall–Kier alpha value is -0.710. The summed E-state index contributed by atoms with van der Waals surface area (Å²) in [6, 6.07) is 7.79. The Kier molecular flexibility index (Phi) is 5.99. The molecule has 18 heavy (non-hydrogen) atoms. The fourth-order valence-electron chi connectivity index (χ4n) is 1.63. The van der Waals surface area contributed by atoms with Crippen molar-refractivity contribution >= 4 is 11.8 Å². The number of hydrogen-bond donors (Lipinski definition) is 2. The van der Waals surface area contributed by atoms with Crippen LogP contribution in [0.4, 0.5) is 0 Å². The highest BCUT2D eigenvalue weighted by atomic mass is 32.2. The SMILES string of the molecule is COc1ccc(C(N)C(C)SC(C)C(C)O)cc1. The number of hydrogen-bond acceptors (Lipinski definition) is 4. The lowest BCUT2D eigenvalue weighted by Crippen LogP contribution is -2.26. The first-order valence-corrected chi connectivity index (χ1v) is 7.13. The summed E-state index contributed by atoms with van der Waals surface area (Å²) in [4.78, 5) is 0. The van der Waals surface area contributed by atoms with Gasteiger partial charge in [-0.05, 0) is 24.6 Å². The van der Waals surface area contributed by atoms with Crippen molar-refractivity contribution in [3.8, 4) is 5.75 Å². The van der Waals surface area contributed by atoms with Gasteiger partial charge in [-0.25, -0.2) is 0 Å². The van der Waals surface area contributed by atoms with E-state index in [0.717, 1.165) is 11.3 Å². The summed E-state index contributed by atoms with van der Waals surface area (Å²) in [5.41, 5.74) is 7.33. The molecule has 1 rings (SSSR count). The molecule has 0 aliphatic rings. The molecule has 0 bridgehead atoms. The Balaban J connectivity index is 2.64. The van der Waals surface area contributed by atoms with Crippen LogP contribution in [0.2, 0.25) is 0 Å². The number of benzene rings is 1. The Bertz CT molecular complexity index is 353. The number of rotatable bonds is 6. The number of thioether (sulfide) groups is 1. The maximum atomic E-state index is 9.51. The molecule has 4 heteroatoms. The van der Waals surface area contributed by atoms with Gasteiger partial charge in [0.05, 0.1) is 13.2 Å². The van der Waals surface area contributed by atoms with Crippen LogP contribution >= 0.6 is 11.8 Å². The molecule has 0 heterocycles.